The minimum Gasteiger partial charge on any atom is -0.492 e. The predicted molar refractivity (Wildman–Crippen MR) is 95.4 cm³/mol. The molecule has 1 aromatic carbocycles. The second kappa shape index (κ2) is 8.69. The molecule has 0 aliphatic carbocycles. The van der Waals surface area contributed by atoms with Gasteiger partial charge in [0.25, 0.3) is 0 Å². The van der Waals surface area contributed by atoms with Gasteiger partial charge in [0.2, 0.25) is 10.0 Å². The molecule has 0 amide bonds. The van der Waals surface area contributed by atoms with Crippen molar-refractivity contribution in [3.8, 4) is 5.75 Å². The van der Waals surface area contributed by atoms with E-state index < -0.39 is 10.0 Å². The van der Waals surface area contributed by atoms with Crippen molar-refractivity contribution in [1.29, 1.82) is 0 Å². The largest absolute Gasteiger partial charge is 0.492 e. The highest BCUT2D eigenvalue weighted by atomic mass is 32.2. The summed E-state index contributed by atoms with van der Waals surface area (Å²) in [6.45, 7) is 9.02. The van der Waals surface area contributed by atoms with Crippen LogP contribution in [0.3, 0.4) is 0 Å². The molecule has 0 fully saturated rings. The summed E-state index contributed by atoms with van der Waals surface area (Å²) in [5.41, 5.74) is 0.900. The Hall–Kier alpha value is -1.07. The van der Waals surface area contributed by atoms with Crippen LogP contribution in [-0.2, 0) is 15.4 Å². The summed E-state index contributed by atoms with van der Waals surface area (Å²) in [6, 6.07) is 5.39. The zero-order chi connectivity index (χ0) is 17.5. The van der Waals surface area contributed by atoms with Crippen molar-refractivity contribution < 1.29 is 13.2 Å². The van der Waals surface area contributed by atoms with E-state index in [9.17, 15) is 8.42 Å². The third-order valence-corrected chi connectivity index (χ3v) is 5.12. The molecule has 0 bridgehead atoms. The maximum Gasteiger partial charge on any atom is 0.241 e. The van der Waals surface area contributed by atoms with E-state index in [0.717, 1.165) is 31.2 Å². The summed E-state index contributed by atoms with van der Waals surface area (Å²) in [6.07, 6.45) is 6.37. The Kier molecular flexibility index (Phi) is 7.55. The van der Waals surface area contributed by atoms with Crippen LogP contribution in [0, 0.1) is 0 Å². The van der Waals surface area contributed by atoms with Gasteiger partial charge in [-0.1, -0.05) is 59.4 Å². The standard InChI is InChI=1S/C18H31NO3S/c1-5-7-9-12-18(3,4)15-10-11-16(22-13-8-6-2)17(14-15)23(19,20)21/h10-11,14H,5-9,12-13H2,1-4H3,(H2,19,20,21). The molecular formula is C18H31NO3S. The van der Waals surface area contributed by atoms with E-state index >= 15 is 0 Å². The topological polar surface area (TPSA) is 69.4 Å². The molecule has 2 N–H and O–H groups in total. The van der Waals surface area contributed by atoms with Crippen LogP contribution in [0.25, 0.3) is 0 Å². The summed E-state index contributed by atoms with van der Waals surface area (Å²) in [5.74, 6) is 0.356. The molecule has 1 aromatic rings. The molecule has 0 saturated heterocycles. The molecule has 0 unspecified atom stereocenters. The summed E-state index contributed by atoms with van der Waals surface area (Å²) in [4.78, 5) is 0.0923. The first-order chi connectivity index (χ1) is 10.7. The van der Waals surface area contributed by atoms with Gasteiger partial charge in [-0.2, -0.15) is 0 Å². The van der Waals surface area contributed by atoms with Gasteiger partial charge in [0, 0.05) is 0 Å². The molecule has 23 heavy (non-hydrogen) atoms. The zero-order valence-electron chi connectivity index (χ0n) is 14.9. The molecule has 0 heterocycles. The number of benzene rings is 1. The summed E-state index contributed by atoms with van der Waals surface area (Å²) in [5, 5.41) is 5.39. The lowest BCUT2D eigenvalue weighted by molar-refractivity contribution is 0.301. The van der Waals surface area contributed by atoms with Crippen LogP contribution in [0.2, 0.25) is 0 Å². The Morgan fingerprint density at radius 1 is 1.09 bits per heavy atom. The van der Waals surface area contributed by atoms with E-state index in [4.69, 9.17) is 9.88 Å². The smallest absolute Gasteiger partial charge is 0.241 e. The summed E-state index contributed by atoms with van der Waals surface area (Å²) < 4.78 is 29.5. The quantitative estimate of drug-likeness (QED) is 0.642. The van der Waals surface area contributed by atoms with E-state index in [1.54, 1.807) is 12.1 Å². The first kappa shape index (κ1) is 20.0. The van der Waals surface area contributed by atoms with Gasteiger partial charge >= 0.3 is 0 Å². The van der Waals surface area contributed by atoms with Crippen LogP contribution in [0.5, 0.6) is 5.75 Å². The minimum atomic E-state index is -3.80. The van der Waals surface area contributed by atoms with Crippen molar-refractivity contribution in [2.24, 2.45) is 5.14 Å². The van der Waals surface area contributed by atoms with Crippen LogP contribution < -0.4 is 9.88 Å². The van der Waals surface area contributed by atoms with Crippen molar-refractivity contribution in [2.45, 2.75) is 76.5 Å². The first-order valence-corrected chi connectivity index (χ1v) is 10.1. The Balaban J connectivity index is 3.08. The molecule has 0 radical (unpaired) electrons. The van der Waals surface area contributed by atoms with Crippen LogP contribution in [0.1, 0.15) is 71.8 Å². The molecule has 0 saturated carbocycles. The first-order valence-electron chi connectivity index (χ1n) is 8.52. The normalized spacial score (nSPS) is 12.4. The summed E-state index contributed by atoms with van der Waals surface area (Å²) >= 11 is 0. The van der Waals surface area contributed by atoms with Crippen molar-refractivity contribution in [2.75, 3.05) is 6.61 Å². The lowest BCUT2D eigenvalue weighted by atomic mass is 9.80. The molecule has 5 heteroatoms. The highest BCUT2D eigenvalue weighted by Crippen LogP contribution is 2.34. The number of nitrogens with two attached hydrogens (primary N) is 1. The van der Waals surface area contributed by atoms with Gasteiger partial charge in [-0.15, -0.1) is 0 Å². The van der Waals surface area contributed by atoms with Crippen LogP contribution in [-0.4, -0.2) is 15.0 Å². The lowest BCUT2D eigenvalue weighted by Gasteiger charge is -2.26. The van der Waals surface area contributed by atoms with E-state index in [-0.39, 0.29) is 10.3 Å². The third kappa shape index (κ3) is 6.15. The van der Waals surface area contributed by atoms with Crippen LogP contribution in [0.15, 0.2) is 23.1 Å². The minimum absolute atomic E-state index is 0.0867. The van der Waals surface area contributed by atoms with Crippen molar-refractivity contribution in [1.82, 2.24) is 0 Å². The molecule has 0 aliphatic rings. The number of hydrogen-bond donors (Lipinski definition) is 1. The van der Waals surface area contributed by atoms with Gasteiger partial charge in [-0.25, -0.2) is 13.6 Å². The fourth-order valence-corrected chi connectivity index (χ4v) is 3.26. The molecule has 0 atom stereocenters. The van der Waals surface area contributed by atoms with Gasteiger partial charge in [-0.3, -0.25) is 0 Å². The Morgan fingerprint density at radius 2 is 1.74 bits per heavy atom. The fourth-order valence-electron chi connectivity index (χ4n) is 2.56. The van der Waals surface area contributed by atoms with E-state index in [0.29, 0.717) is 12.4 Å². The maximum absolute atomic E-state index is 11.9. The number of hydrogen-bond acceptors (Lipinski definition) is 3. The highest BCUT2D eigenvalue weighted by molar-refractivity contribution is 7.89. The van der Waals surface area contributed by atoms with Gasteiger partial charge in [0.15, 0.2) is 0 Å². The fraction of sp³-hybridized carbons (Fsp3) is 0.667. The number of unbranched alkanes of at least 4 members (excludes halogenated alkanes) is 3. The molecule has 0 aromatic heterocycles. The zero-order valence-corrected chi connectivity index (χ0v) is 15.7. The predicted octanol–water partition coefficient (Wildman–Crippen LogP) is 4.37. The van der Waals surface area contributed by atoms with Gasteiger partial charge < -0.3 is 4.74 Å². The third-order valence-electron chi connectivity index (χ3n) is 4.19. The van der Waals surface area contributed by atoms with Gasteiger partial charge in [-0.05, 0) is 36.0 Å². The van der Waals surface area contributed by atoms with Crippen molar-refractivity contribution in [3.05, 3.63) is 23.8 Å². The number of rotatable bonds is 10. The maximum atomic E-state index is 11.9. The summed E-state index contributed by atoms with van der Waals surface area (Å²) in [7, 11) is -3.80. The SMILES string of the molecule is CCCCCC(C)(C)c1ccc(OCCCC)c(S(N)(=O)=O)c1. The van der Waals surface area contributed by atoms with Gasteiger partial charge in [0.1, 0.15) is 10.6 Å². The van der Waals surface area contributed by atoms with Crippen LogP contribution >= 0.6 is 0 Å². The van der Waals surface area contributed by atoms with E-state index in [1.165, 1.54) is 12.8 Å². The lowest BCUT2D eigenvalue weighted by Crippen LogP contribution is -2.20. The Morgan fingerprint density at radius 3 is 2.30 bits per heavy atom. The Bertz CT molecular complexity index is 594. The van der Waals surface area contributed by atoms with Gasteiger partial charge in [0.05, 0.1) is 6.61 Å². The van der Waals surface area contributed by atoms with Crippen LogP contribution in [0.4, 0.5) is 0 Å². The molecule has 4 nitrogen and oxygen atoms in total. The molecule has 0 aliphatic heterocycles. The second-order valence-corrected chi connectivity index (χ2v) is 8.28. The monoisotopic (exact) mass is 341 g/mol. The molecular weight excluding hydrogens is 310 g/mol. The molecule has 132 valence electrons. The molecule has 0 spiro atoms. The number of ether oxygens (including phenoxy) is 1. The van der Waals surface area contributed by atoms with E-state index in [2.05, 4.69) is 27.7 Å². The molecule has 1 rings (SSSR count). The van der Waals surface area contributed by atoms with Crippen molar-refractivity contribution in [3.63, 3.8) is 0 Å². The number of primary sulfonamides is 1. The van der Waals surface area contributed by atoms with E-state index in [1.807, 2.05) is 6.07 Å². The second-order valence-electron chi connectivity index (χ2n) is 6.75. The Labute approximate surface area is 141 Å². The average Bonchev–Trinajstić information content (AvgIpc) is 2.46. The number of sulfonamides is 1. The highest BCUT2D eigenvalue weighted by Gasteiger charge is 2.24. The average molecular weight is 342 g/mol. The van der Waals surface area contributed by atoms with Crippen molar-refractivity contribution >= 4 is 10.0 Å².